The van der Waals surface area contributed by atoms with Crippen LogP contribution in [-0.4, -0.2) is 23.9 Å². The zero-order chi connectivity index (χ0) is 18.0. The first-order valence-electron chi connectivity index (χ1n) is 11.1. The van der Waals surface area contributed by atoms with E-state index < -0.39 is 0 Å². The minimum Gasteiger partial charge on any atom is -0.342 e. The zero-order valence-corrected chi connectivity index (χ0v) is 17.2. The van der Waals surface area contributed by atoms with E-state index in [4.69, 9.17) is 0 Å². The lowest BCUT2D eigenvalue weighted by Crippen LogP contribution is -2.63. The van der Waals surface area contributed by atoms with E-state index >= 15 is 0 Å². The molecule has 1 amide bonds. The van der Waals surface area contributed by atoms with Crippen LogP contribution in [0.2, 0.25) is 0 Å². The monoisotopic (exact) mass is 345 g/mol. The predicted octanol–water partition coefficient (Wildman–Crippen LogP) is 5.51. The average Bonchev–Trinajstić information content (AvgIpc) is 2.91. The van der Waals surface area contributed by atoms with Crippen molar-refractivity contribution < 1.29 is 4.79 Å². The smallest absolute Gasteiger partial charge is 0.222 e. The Hall–Kier alpha value is -0.530. The lowest BCUT2D eigenvalue weighted by Gasteiger charge is -2.63. The molecule has 0 bridgehead atoms. The molecule has 1 heterocycles. The molecular weight excluding hydrogens is 306 g/mol. The van der Waals surface area contributed by atoms with Crippen molar-refractivity contribution in [3.63, 3.8) is 0 Å². The molecule has 0 aromatic rings. The molecule has 0 N–H and O–H groups in total. The maximum absolute atomic E-state index is 12.3. The summed E-state index contributed by atoms with van der Waals surface area (Å²) in [5, 5.41) is 0. The van der Waals surface area contributed by atoms with E-state index in [9.17, 15) is 4.79 Å². The van der Waals surface area contributed by atoms with Gasteiger partial charge in [0.05, 0.1) is 0 Å². The number of carbonyl (C=O) groups excluding carboxylic acids is 1. The molecule has 25 heavy (non-hydrogen) atoms. The highest BCUT2D eigenvalue weighted by Gasteiger charge is 2.62. The second-order valence-electron chi connectivity index (χ2n) is 10.6. The second-order valence-corrected chi connectivity index (χ2v) is 10.6. The Balaban J connectivity index is 1.66. The van der Waals surface area contributed by atoms with Crippen LogP contribution in [0.15, 0.2) is 0 Å². The number of nitrogens with zero attached hydrogens (tertiary/aromatic N) is 1. The van der Waals surface area contributed by atoms with E-state index in [0.29, 0.717) is 22.8 Å². The van der Waals surface area contributed by atoms with Gasteiger partial charge in [-0.2, -0.15) is 0 Å². The Kier molecular flexibility index (Phi) is 4.28. The van der Waals surface area contributed by atoms with E-state index in [-0.39, 0.29) is 0 Å². The van der Waals surface area contributed by atoms with Crippen molar-refractivity contribution in [2.24, 2.45) is 40.4 Å². The summed E-state index contributed by atoms with van der Waals surface area (Å²) in [6.45, 7) is 10.1. The minimum absolute atomic E-state index is 0.365. The lowest BCUT2D eigenvalue weighted by molar-refractivity contribution is -0.166. The molecule has 3 saturated carbocycles. The summed E-state index contributed by atoms with van der Waals surface area (Å²) in [5.41, 5.74) is 0.967. The van der Waals surface area contributed by atoms with Crippen LogP contribution in [0.1, 0.15) is 85.5 Å². The Morgan fingerprint density at radius 2 is 1.80 bits per heavy atom. The second kappa shape index (κ2) is 5.99. The number of likely N-dealkylation sites (tertiary alicyclic amines) is 1. The van der Waals surface area contributed by atoms with Gasteiger partial charge in [0.25, 0.3) is 0 Å². The van der Waals surface area contributed by atoms with Crippen LogP contribution in [0, 0.1) is 40.4 Å². The first-order valence-corrected chi connectivity index (χ1v) is 11.1. The van der Waals surface area contributed by atoms with Crippen LogP contribution in [-0.2, 0) is 4.79 Å². The van der Waals surface area contributed by atoms with Crippen molar-refractivity contribution in [2.45, 2.75) is 91.5 Å². The molecule has 3 aliphatic carbocycles. The Bertz CT molecular complexity index is 544. The largest absolute Gasteiger partial charge is 0.342 e. The quantitative estimate of drug-likeness (QED) is 0.646. The summed E-state index contributed by atoms with van der Waals surface area (Å²) in [4.78, 5) is 14.5. The van der Waals surface area contributed by atoms with Gasteiger partial charge in [0, 0.05) is 19.5 Å². The third-order valence-corrected chi connectivity index (χ3v) is 9.77. The zero-order valence-electron chi connectivity index (χ0n) is 17.2. The molecule has 4 aliphatic rings. The van der Waals surface area contributed by atoms with Crippen molar-refractivity contribution in [3.8, 4) is 0 Å². The Labute approximate surface area is 155 Å². The molecule has 1 saturated heterocycles. The van der Waals surface area contributed by atoms with Crippen LogP contribution in [0.5, 0.6) is 0 Å². The number of carbonyl (C=O) groups is 1. The average molecular weight is 346 g/mol. The van der Waals surface area contributed by atoms with Crippen molar-refractivity contribution in [1.82, 2.24) is 4.90 Å². The van der Waals surface area contributed by atoms with Gasteiger partial charge in [-0.25, -0.2) is 0 Å². The number of fused-ring (bicyclic) bond motifs is 5. The Morgan fingerprint density at radius 1 is 1.08 bits per heavy atom. The molecule has 3 unspecified atom stereocenters. The van der Waals surface area contributed by atoms with Gasteiger partial charge in [0.2, 0.25) is 5.91 Å². The molecule has 4 fully saturated rings. The van der Waals surface area contributed by atoms with Gasteiger partial charge < -0.3 is 4.90 Å². The summed E-state index contributed by atoms with van der Waals surface area (Å²) in [6, 6.07) is 0.488. The summed E-state index contributed by atoms with van der Waals surface area (Å²) >= 11 is 0. The molecule has 4 rings (SSSR count). The van der Waals surface area contributed by atoms with Gasteiger partial charge in [0.15, 0.2) is 0 Å². The number of piperidine rings is 1. The lowest BCUT2D eigenvalue weighted by atomic mass is 9.44. The van der Waals surface area contributed by atoms with Crippen LogP contribution >= 0.6 is 0 Å². The maximum Gasteiger partial charge on any atom is 0.222 e. The van der Waals surface area contributed by atoms with Gasteiger partial charge in [-0.3, -0.25) is 4.79 Å². The molecule has 0 radical (unpaired) electrons. The first kappa shape index (κ1) is 17.9. The van der Waals surface area contributed by atoms with Crippen LogP contribution in [0.3, 0.4) is 0 Å². The van der Waals surface area contributed by atoms with E-state index in [1.54, 1.807) is 0 Å². The normalized spacial score (nSPS) is 52.5. The third-order valence-electron chi connectivity index (χ3n) is 9.77. The fraction of sp³-hybridized carbons (Fsp3) is 0.957. The van der Waals surface area contributed by atoms with Crippen molar-refractivity contribution in [3.05, 3.63) is 0 Å². The van der Waals surface area contributed by atoms with Crippen molar-refractivity contribution >= 4 is 5.91 Å². The van der Waals surface area contributed by atoms with E-state index in [1.807, 2.05) is 0 Å². The fourth-order valence-electron chi connectivity index (χ4n) is 8.39. The van der Waals surface area contributed by atoms with E-state index in [2.05, 4.69) is 39.6 Å². The SMILES string of the molecule is CCCC1CC[C@H]2[C@@H]3C(C)CC4N(C)C(=O)CC[C@]4(C)[C@@H]3CC[C@]12C. The first-order chi connectivity index (χ1) is 11.8. The van der Waals surface area contributed by atoms with Crippen LogP contribution in [0.25, 0.3) is 0 Å². The molecule has 8 atom stereocenters. The summed E-state index contributed by atoms with van der Waals surface area (Å²) in [6.07, 6.45) is 11.8. The molecule has 0 aromatic carbocycles. The Morgan fingerprint density at radius 3 is 2.52 bits per heavy atom. The van der Waals surface area contributed by atoms with Crippen molar-refractivity contribution in [1.29, 1.82) is 0 Å². The number of hydrogen-bond acceptors (Lipinski definition) is 1. The molecule has 1 aliphatic heterocycles. The molecule has 142 valence electrons. The molecular formula is C23H39NO. The van der Waals surface area contributed by atoms with Gasteiger partial charge in [0.1, 0.15) is 0 Å². The predicted molar refractivity (Wildman–Crippen MR) is 103 cm³/mol. The number of amides is 1. The molecule has 0 spiro atoms. The van der Waals surface area contributed by atoms with Gasteiger partial charge in [-0.1, -0.05) is 40.5 Å². The summed E-state index contributed by atoms with van der Waals surface area (Å²) < 4.78 is 0. The molecule has 0 aromatic heterocycles. The van der Waals surface area contributed by atoms with Gasteiger partial charge >= 0.3 is 0 Å². The fourth-order valence-corrected chi connectivity index (χ4v) is 8.39. The third kappa shape index (κ3) is 2.38. The highest BCUT2D eigenvalue weighted by Crippen LogP contribution is 2.67. The van der Waals surface area contributed by atoms with E-state index in [1.165, 1.54) is 44.9 Å². The topological polar surface area (TPSA) is 20.3 Å². The minimum atomic E-state index is 0.365. The summed E-state index contributed by atoms with van der Waals surface area (Å²) in [5.74, 6) is 4.83. The number of hydrogen-bond donors (Lipinski definition) is 0. The van der Waals surface area contributed by atoms with Crippen molar-refractivity contribution in [2.75, 3.05) is 7.05 Å². The van der Waals surface area contributed by atoms with Crippen LogP contribution in [0.4, 0.5) is 0 Å². The summed E-state index contributed by atoms with van der Waals surface area (Å²) in [7, 11) is 2.08. The standard InChI is InChI=1S/C23H39NO/c1-6-7-16-8-9-17-21-15(2)14-19-23(4,13-11-20(25)24(19)5)18(21)10-12-22(16,17)3/h15-19,21H,6-14H2,1-5H3/t15?,16?,17-,18+,19?,21-,22+,23+/m0/s1. The molecule has 2 nitrogen and oxygen atoms in total. The van der Waals surface area contributed by atoms with E-state index in [0.717, 1.165) is 42.4 Å². The van der Waals surface area contributed by atoms with Gasteiger partial charge in [-0.05, 0) is 78.9 Å². The highest BCUT2D eigenvalue weighted by atomic mass is 16.2. The highest BCUT2D eigenvalue weighted by molar-refractivity contribution is 5.77. The maximum atomic E-state index is 12.3. The van der Waals surface area contributed by atoms with Crippen LogP contribution < -0.4 is 0 Å². The number of rotatable bonds is 2. The molecule has 2 heteroatoms. The van der Waals surface area contributed by atoms with Gasteiger partial charge in [-0.15, -0.1) is 0 Å².